The number of aromatic nitrogens is 3. The molecular formula is C14H11N3O3S. The van der Waals surface area contributed by atoms with E-state index in [0.717, 1.165) is 28.7 Å². The molecule has 1 aromatic carbocycles. The third-order valence-electron chi connectivity index (χ3n) is 2.94. The Balaban J connectivity index is 1.79. The molecule has 2 aromatic heterocycles. The Labute approximate surface area is 123 Å². The number of Topliss-reactive ketones (excluding diaryl/α,β-unsaturated/α-hetero) is 1. The molecule has 0 aliphatic rings. The van der Waals surface area contributed by atoms with Crippen LogP contribution in [0.15, 0.2) is 46.5 Å². The quantitative estimate of drug-likeness (QED) is 0.388. The molecule has 6 nitrogen and oxygen atoms in total. The zero-order valence-corrected chi connectivity index (χ0v) is 11.6. The van der Waals surface area contributed by atoms with Gasteiger partial charge in [-0.05, 0) is 6.07 Å². The predicted molar refractivity (Wildman–Crippen MR) is 79.9 cm³/mol. The first-order valence-corrected chi connectivity index (χ1v) is 7.14. The molecule has 0 amide bonds. The highest BCUT2D eigenvalue weighted by atomic mass is 32.2. The lowest BCUT2D eigenvalue weighted by molar-refractivity contribution is 0.102. The highest BCUT2D eigenvalue weighted by Gasteiger charge is 2.13. The first-order valence-electron chi connectivity index (χ1n) is 6.16. The number of hydrogen-bond acceptors (Lipinski definition) is 5. The Hall–Kier alpha value is -2.54. The largest absolute Gasteiger partial charge is 0.493 e. The fourth-order valence-corrected chi connectivity index (χ4v) is 2.76. The molecule has 3 aromatic rings. The molecule has 106 valence electrons. The highest BCUT2D eigenvalue weighted by molar-refractivity contribution is 7.99. The van der Waals surface area contributed by atoms with Crippen LogP contribution < -0.4 is 5.56 Å². The number of carbonyl (C=O) groups is 1. The molecule has 0 spiro atoms. The van der Waals surface area contributed by atoms with E-state index in [-0.39, 0.29) is 22.6 Å². The van der Waals surface area contributed by atoms with Crippen molar-refractivity contribution in [2.24, 2.45) is 0 Å². The van der Waals surface area contributed by atoms with Crippen LogP contribution in [0.2, 0.25) is 0 Å². The van der Waals surface area contributed by atoms with Gasteiger partial charge in [-0.2, -0.15) is 4.98 Å². The van der Waals surface area contributed by atoms with E-state index in [1.807, 2.05) is 24.3 Å². The molecule has 0 aliphatic carbocycles. The SMILES string of the molecule is O=C(CSc1nc(O)cc(=O)[nH]1)c1c[nH]c2ccccc12. The number of para-hydroxylation sites is 1. The monoisotopic (exact) mass is 301 g/mol. The normalized spacial score (nSPS) is 10.9. The number of hydrogen-bond donors (Lipinski definition) is 3. The van der Waals surface area contributed by atoms with Crippen LogP contribution in [-0.2, 0) is 0 Å². The minimum atomic E-state index is -0.454. The number of ketones is 1. The van der Waals surface area contributed by atoms with E-state index in [1.165, 1.54) is 0 Å². The van der Waals surface area contributed by atoms with Crippen LogP contribution in [0, 0.1) is 0 Å². The Morgan fingerprint density at radius 3 is 2.95 bits per heavy atom. The van der Waals surface area contributed by atoms with E-state index in [4.69, 9.17) is 0 Å². The summed E-state index contributed by atoms with van der Waals surface area (Å²) in [6.45, 7) is 0. The standard InChI is InChI=1S/C14H11N3O3S/c18-11(7-21-14-16-12(19)5-13(20)17-14)9-6-15-10-4-2-1-3-8(9)10/h1-6,15H,7H2,(H2,16,17,19,20). The summed E-state index contributed by atoms with van der Waals surface area (Å²) in [6.07, 6.45) is 1.67. The van der Waals surface area contributed by atoms with Crippen molar-refractivity contribution in [2.45, 2.75) is 5.16 Å². The summed E-state index contributed by atoms with van der Waals surface area (Å²) < 4.78 is 0. The summed E-state index contributed by atoms with van der Waals surface area (Å²) in [6, 6.07) is 8.51. The minimum Gasteiger partial charge on any atom is -0.493 e. The second-order valence-corrected chi connectivity index (χ2v) is 5.33. The molecule has 0 saturated carbocycles. The van der Waals surface area contributed by atoms with Crippen LogP contribution in [-0.4, -0.2) is 31.6 Å². The molecule has 2 heterocycles. The molecule has 0 radical (unpaired) electrons. The van der Waals surface area contributed by atoms with Gasteiger partial charge in [0.15, 0.2) is 10.9 Å². The summed E-state index contributed by atoms with van der Waals surface area (Å²) in [5, 5.41) is 10.3. The fraction of sp³-hybridized carbons (Fsp3) is 0.0714. The fourth-order valence-electron chi connectivity index (χ4n) is 2.01. The lowest BCUT2D eigenvalue weighted by atomic mass is 10.1. The summed E-state index contributed by atoms with van der Waals surface area (Å²) >= 11 is 1.07. The van der Waals surface area contributed by atoms with Crippen molar-refractivity contribution in [3.05, 3.63) is 52.4 Å². The number of aromatic amines is 2. The number of benzene rings is 1. The van der Waals surface area contributed by atoms with Gasteiger partial charge in [0.05, 0.1) is 11.8 Å². The Kier molecular flexibility index (Phi) is 3.49. The zero-order valence-electron chi connectivity index (χ0n) is 10.8. The van der Waals surface area contributed by atoms with Crippen molar-refractivity contribution in [3.63, 3.8) is 0 Å². The number of thioether (sulfide) groups is 1. The predicted octanol–water partition coefficient (Wildman–Crippen LogP) is 1.93. The van der Waals surface area contributed by atoms with Crippen molar-refractivity contribution < 1.29 is 9.90 Å². The van der Waals surface area contributed by atoms with Crippen LogP contribution in [0.3, 0.4) is 0 Å². The van der Waals surface area contributed by atoms with Gasteiger partial charge >= 0.3 is 0 Å². The molecule has 0 atom stereocenters. The average molecular weight is 301 g/mol. The minimum absolute atomic E-state index is 0.0801. The molecule has 0 unspecified atom stereocenters. The van der Waals surface area contributed by atoms with E-state index >= 15 is 0 Å². The molecule has 0 saturated heterocycles. The van der Waals surface area contributed by atoms with Crippen molar-refractivity contribution >= 4 is 28.4 Å². The van der Waals surface area contributed by atoms with Gasteiger partial charge in [-0.15, -0.1) is 0 Å². The second kappa shape index (κ2) is 5.45. The van der Waals surface area contributed by atoms with Crippen molar-refractivity contribution in [1.82, 2.24) is 15.0 Å². The van der Waals surface area contributed by atoms with Crippen LogP contribution in [0.1, 0.15) is 10.4 Å². The molecule has 3 N–H and O–H groups in total. The summed E-state index contributed by atoms with van der Waals surface area (Å²) in [4.78, 5) is 32.7. The Bertz CT molecular complexity index is 869. The average Bonchev–Trinajstić information content (AvgIpc) is 2.88. The first-order chi connectivity index (χ1) is 10.1. The maximum Gasteiger partial charge on any atom is 0.255 e. The third-order valence-corrected chi connectivity index (χ3v) is 3.81. The Morgan fingerprint density at radius 1 is 1.33 bits per heavy atom. The molecule has 0 fully saturated rings. The number of nitrogens with zero attached hydrogens (tertiary/aromatic N) is 1. The molecular weight excluding hydrogens is 290 g/mol. The van der Waals surface area contributed by atoms with E-state index in [9.17, 15) is 14.7 Å². The van der Waals surface area contributed by atoms with Gasteiger partial charge in [0.1, 0.15) is 0 Å². The lowest BCUT2D eigenvalue weighted by Crippen LogP contribution is -2.08. The van der Waals surface area contributed by atoms with Crippen LogP contribution >= 0.6 is 11.8 Å². The van der Waals surface area contributed by atoms with E-state index < -0.39 is 5.56 Å². The van der Waals surface area contributed by atoms with Crippen LogP contribution in [0.5, 0.6) is 5.88 Å². The highest BCUT2D eigenvalue weighted by Crippen LogP contribution is 2.21. The van der Waals surface area contributed by atoms with E-state index in [0.29, 0.717) is 5.56 Å². The van der Waals surface area contributed by atoms with E-state index in [2.05, 4.69) is 15.0 Å². The van der Waals surface area contributed by atoms with Gasteiger partial charge < -0.3 is 15.1 Å². The van der Waals surface area contributed by atoms with Gasteiger partial charge in [-0.3, -0.25) is 9.59 Å². The summed E-state index contributed by atoms with van der Waals surface area (Å²) in [5.74, 6) is -0.321. The molecule has 21 heavy (non-hydrogen) atoms. The van der Waals surface area contributed by atoms with Crippen molar-refractivity contribution in [3.8, 4) is 5.88 Å². The van der Waals surface area contributed by atoms with Gasteiger partial charge in [0.2, 0.25) is 5.88 Å². The smallest absolute Gasteiger partial charge is 0.255 e. The number of carbonyl (C=O) groups excluding carboxylic acids is 1. The topological polar surface area (TPSA) is 98.8 Å². The van der Waals surface area contributed by atoms with Gasteiger partial charge in [-0.1, -0.05) is 30.0 Å². The zero-order chi connectivity index (χ0) is 14.8. The number of fused-ring (bicyclic) bond motifs is 1. The van der Waals surface area contributed by atoms with Crippen molar-refractivity contribution in [2.75, 3.05) is 5.75 Å². The molecule has 7 heteroatoms. The van der Waals surface area contributed by atoms with Crippen molar-refractivity contribution in [1.29, 1.82) is 0 Å². The van der Waals surface area contributed by atoms with Gasteiger partial charge in [0.25, 0.3) is 5.56 Å². The summed E-state index contributed by atoms with van der Waals surface area (Å²) in [5.41, 5.74) is 1.04. The number of aromatic hydroxyl groups is 1. The van der Waals surface area contributed by atoms with Gasteiger partial charge in [-0.25, -0.2) is 0 Å². The third kappa shape index (κ3) is 2.82. The number of rotatable bonds is 4. The number of nitrogens with one attached hydrogen (secondary N) is 2. The molecule has 0 bridgehead atoms. The van der Waals surface area contributed by atoms with E-state index in [1.54, 1.807) is 6.20 Å². The van der Waals surface area contributed by atoms with Gasteiger partial charge in [0, 0.05) is 22.7 Å². The number of H-pyrrole nitrogens is 2. The molecule has 0 aliphatic heterocycles. The first kappa shape index (κ1) is 13.4. The lowest BCUT2D eigenvalue weighted by Gasteiger charge is -2.00. The maximum atomic E-state index is 12.2. The summed E-state index contributed by atoms with van der Waals surface area (Å²) in [7, 11) is 0. The van der Waals surface area contributed by atoms with Crippen LogP contribution in [0.25, 0.3) is 10.9 Å². The molecule has 3 rings (SSSR count). The van der Waals surface area contributed by atoms with Crippen LogP contribution in [0.4, 0.5) is 0 Å². The Morgan fingerprint density at radius 2 is 2.14 bits per heavy atom. The second-order valence-electron chi connectivity index (χ2n) is 4.37. The maximum absolute atomic E-state index is 12.2.